The van der Waals surface area contributed by atoms with Gasteiger partial charge >= 0.3 is 5.97 Å². The van der Waals surface area contributed by atoms with Crippen LogP contribution in [0.3, 0.4) is 0 Å². The fourth-order valence-corrected chi connectivity index (χ4v) is 4.05. The third-order valence-corrected chi connectivity index (χ3v) is 5.71. The van der Waals surface area contributed by atoms with Gasteiger partial charge in [-0.15, -0.1) is 0 Å². The maximum absolute atomic E-state index is 13.3. The Kier molecular flexibility index (Phi) is 7.78. The summed E-state index contributed by atoms with van der Waals surface area (Å²) in [6.45, 7) is 5.18. The van der Waals surface area contributed by atoms with Crippen LogP contribution in [0.5, 0.6) is 0 Å². The lowest BCUT2D eigenvalue weighted by atomic mass is 9.95. The zero-order chi connectivity index (χ0) is 20.6. The van der Waals surface area contributed by atoms with Gasteiger partial charge in [0.2, 0.25) is 0 Å². The van der Waals surface area contributed by atoms with Crippen molar-refractivity contribution < 1.29 is 13.9 Å². The van der Waals surface area contributed by atoms with Gasteiger partial charge in [-0.25, -0.2) is 9.18 Å². The van der Waals surface area contributed by atoms with E-state index in [0.29, 0.717) is 11.5 Å². The molecule has 0 amide bonds. The van der Waals surface area contributed by atoms with E-state index in [1.807, 2.05) is 30.3 Å². The predicted octanol–water partition coefficient (Wildman–Crippen LogP) is 4.00. The molecule has 1 aliphatic rings. The average molecular weight is 399 g/mol. The Balaban J connectivity index is 1.38. The zero-order valence-electron chi connectivity index (χ0n) is 17.4. The van der Waals surface area contributed by atoms with Gasteiger partial charge < -0.3 is 14.5 Å². The average Bonchev–Trinajstić information content (AvgIpc) is 2.73. The number of hydrogen-bond donors (Lipinski definition) is 0. The molecule has 1 fully saturated rings. The number of piperidine rings is 1. The van der Waals surface area contributed by atoms with Crippen molar-refractivity contribution in [2.75, 3.05) is 40.3 Å². The van der Waals surface area contributed by atoms with Crippen LogP contribution in [0.2, 0.25) is 0 Å². The number of carbonyl (C=O) groups is 1. The van der Waals surface area contributed by atoms with Crippen molar-refractivity contribution in [2.24, 2.45) is 5.92 Å². The number of carbonyl (C=O) groups excluding carboxylic acids is 1. The number of hydrogen-bond acceptors (Lipinski definition) is 4. The smallest absolute Gasteiger partial charge is 0.337 e. The minimum Gasteiger partial charge on any atom is -0.465 e. The highest BCUT2D eigenvalue weighted by molar-refractivity contribution is 5.89. The van der Waals surface area contributed by atoms with Gasteiger partial charge in [0.25, 0.3) is 0 Å². The molecule has 2 aromatic carbocycles. The quantitative estimate of drug-likeness (QED) is 0.630. The number of nitrogens with zero attached hydrogens (tertiary/aromatic N) is 2. The Morgan fingerprint density at radius 3 is 2.52 bits per heavy atom. The van der Waals surface area contributed by atoms with Gasteiger partial charge in [0.1, 0.15) is 5.82 Å². The summed E-state index contributed by atoms with van der Waals surface area (Å²) in [6, 6.07) is 14.6. The fraction of sp³-hybridized carbons (Fsp3) is 0.458. The van der Waals surface area contributed by atoms with Gasteiger partial charge in [-0.2, -0.15) is 0 Å². The summed E-state index contributed by atoms with van der Waals surface area (Å²) in [4.78, 5) is 16.4. The first kappa shape index (κ1) is 21.5. The molecule has 0 spiro atoms. The molecule has 0 bridgehead atoms. The van der Waals surface area contributed by atoms with Gasteiger partial charge in [-0.1, -0.05) is 24.3 Å². The zero-order valence-corrected chi connectivity index (χ0v) is 17.4. The van der Waals surface area contributed by atoms with Crippen LogP contribution in [-0.2, 0) is 17.7 Å². The number of benzene rings is 2. The summed E-state index contributed by atoms with van der Waals surface area (Å²) in [5.74, 6) is 0.262. The predicted molar refractivity (Wildman–Crippen MR) is 113 cm³/mol. The fourth-order valence-electron chi connectivity index (χ4n) is 4.05. The Labute approximate surface area is 173 Å². The van der Waals surface area contributed by atoms with Crippen LogP contribution in [0.1, 0.15) is 34.3 Å². The first-order valence-electron chi connectivity index (χ1n) is 10.4. The van der Waals surface area contributed by atoms with E-state index in [-0.39, 0.29) is 11.8 Å². The van der Waals surface area contributed by atoms with E-state index in [9.17, 15) is 9.18 Å². The first-order valence-corrected chi connectivity index (χ1v) is 10.4. The molecule has 0 aliphatic carbocycles. The van der Waals surface area contributed by atoms with Crippen LogP contribution in [0.15, 0.2) is 48.5 Å². The molecule has 1 heterocycles. The maximum Gasteiger partial charge on any atom is 0.337 e. The second-order valence-corrected chi connectivity index (χ2v) is 8.05. The minimum atomic E-state index is -0.297. The van der Waals surface area contributed by atoms with Crippen molar-refractivity contribution in [3.63, 3.8) is 0 Å². The van der Waals surface area contributed by atoms with Crippen molar-refractivity contribution in [3.8, 4) is 0 Å². The number of ether oxygens (including phenoxy) is 1. The molecule has 0 radical (unpaired) electrons. The largest absolute Gasteiger partial charge is 0.465 e. The van der Waals surface area contributed by atoms with Crippen molar-refractivity contribution in [3.05, 3.63) is 71.0 Å². The Bertz CT molecular complexity index is 786. The summed E-state index contributed by atoms with van der Waals surface area (Å²) in [5, 5.41) is 0. The van der Waals surface area contributed by atoms with E-state index < -0.39 is 0 Å². The van der Waals surface area contributed by atoms with E-state index in [4.69, 9.17) is 4.74 Å². The Hall–Kier alpha value is -2.24. The second-order valence-electron chi connectivity index (χ2n) is 8.05. The molecule has 0 atom stereocenters. The molecule has 5 heteroatoms. The minimum absolute atomic E-state index is 0.149. The highest BCUT2D eigenvalue weighted by Gasteiger charge is 2.20. The molecule has 0 unspecified atom stereocenters. The van der Waals surface area contributed by atoms with Crippen LogP contribution >= 0.6 is 0 Å². The van der Waals surface area contributed by atoms with Gasteiger partial charge in [-0.3, -0.25) is 0 Å². The Morgan fingerprint density at radius 1 is 1.14 bits per heavy atom. The summed E-state index contributed by atoms with van der Waals surface area (Å²) < 4.78 is 18.0. The molecule has 0 saturated carbocycles. The van der Waals surface area contributed by atoms with E-state index in [1.54, 1.807) is 12.1 Å². The molecule has 4 nitrogen and oxygen atoms in total. The van der Waals surface area contributed by atoms with E-state index in [1.165, 1.54) is 31.6 Å². The molecule has 2 aromatic rings. The first-order chi connectivity index (χ1) is 14.0. The number of likely N-dealkylation sites (tertiary alicyclic amines) is 1. The second kappa shape index (κ2) is 10.5. The van der Waals surface area contributed by atoms with Gasteiger partial charge in [-0.05, 0) is 80.7 Å². The van der Waals surface area contributed by atoms with Crippen LogP contribution in [0, 0.1) is 11.7 Å². The highest BCUT2D eigenvalue weighted by atomic mass is 19.1. The van der Waals surface area contributed by atoms with Crippen molar-refractivity contribution in [2.45, 2.75) is 25.8 Å². The number of halogens is 1. The van der Waals surface area contributed by atoms with E-state index >= 15 is 0 Å². The monoisotopic (exact) mass is 398 g/mol. The molecule has 3 rings (SSSR count). The van der Waals surface area contributed by atoms with Crippen LogP contribution in [0.25, 0.3) is 0 Å². The third kappa shape index (κ3) is 6.65. The third-order valence-electron chi connectivity index (χ3n) is 5.71. The van der Waals surface area contributed by atoms with E-state index in [0.717, 1.165) is 44.7 Å². The number of rotatable bonds is 8. The molecule has 1 saturated heterocycles. The SMILES string of the molecule is COC(=O)c1ccc(CN(C)CC2CCN(CCc3cccc(F)c3)CC2)cc1. The summed E-state index contributed by atoms with van der Waals surface area (Å²) in [7, 11) is 3.56. The molecule has 29 heavy (non-hydrogen) atoms. The molecule has 0 aromatic heterocycles. The Morgan fingerprint density at radius 2 is 1.86 bits per heavy atom. The van der Waals surface area contributed by atoms with Crippen LogP contribution < -0.4 is 0 Å². The normalized spacial score (nSPS) is 15.6. The van der Waals surface area contributed by atoms with Crippen LogP contribution in [-0.4, -0.2) is 56.1 Å². The van der Waals surface area contributed by atoms with Gasteiger partial charge in [0.15, 0.2) is 0 Å². The summed E-state index contributed by atoms with van der Waals surface area (Å²) >= 11 is 0. The number of methoxy groups -OCH3 is 1. The van der Waals surface area contributed by atoms with Gasteiger partial charge in [0, 0.05) is 19.6 Å². The lowest BCUT2D eigenvalue weighted by molar-refractivity contribution is 0.0600. The summed E-state index contributed by atoms with van der Waals surface area (Å²) in [5.41, 5.74) is 2.86. The van der Waals surface area contributed by atoms with E-state index in [2.05, 4.69) is 16.8 Å². The van der Waals surface area contributed by atoms with Crippen molar-refractivity contribution in [1.82, 2.24) is 9.80 Å². The molecule has 0 N–H and O–H groups in total. The summed E-state index contributed by atoms with van der Waals surface area (Å²) in [6.07, 6.45) is 3.31. The topological polar surface area (TPSA) is 32.8 Å². The maximum atomic E-state index is 13.3. The van der Waals surface area contributed by atoms with Crippen molar-refractivity contribution in [1.29, 1.82) is 0 Å². The molecule has 156 valence electrons. The van der Waals surface area contributed by atoms with Crippen molar-refractivity contribution >= 4 is 5.97 Å². The number of esters is 1. The van der Waals surface area contributed by atoms with Gasteiger partial charge in [0.05, 0.1) is 12.7 Å². The molecular weight excluding hydrogens is 367 g/mol. The molecular formula is C24H31FN2O2. The standard InChI is InChI=1S/C24H31FN2O2/c1-26(17-20-6-8-22(9-7-20)24(28)29-2)18-21-11-14-27(15-12-21)13-10-19-4-3-5-23(25)16-19/h3-9,16,21H,10-15,17-18H2,1-2H3. The lowest BCUT2D eigenvalue weighted by Crippen LogP contribution is -2.38. The van der Waals surface area contributed by atoms with Crippen LogP contribution in [0.4, 0.5) is 4.39 Å². The molecule has 1 aliphatic heterocycles. The lowest BCUT2D eigenvalue weighted by Gasteiger charge is -2.34. The highest BCUT2D eigenvalue weighted by Crippen LogP contribution is 2.19.